The highest BCUT2D eigenvalue weighted by Crippen LogP contribution is 2.52. The van der Waals surface area contributed by atoms with Crippen LogP contribution < -0.4 is 10.0 Å². The molecule has 2 atom stereocenters. The Morgan fingerprint density at radius 3 is 2.26 bits per heavy atom. The maximum atomic E-state index is 15.3. The number of amides is 1. The van der Waals surface area contributed by atoms with Gasteiger partial charge in [0, 0.05) is 41.7 Å². The summed E-state index contributed by atoms with van der Waals surface area (Å²) in [5.41, 5.74) is -4.38. The number of benzene rings is 2. The van der Waals surface area contributed by atoms with Gasteiger partial charge >= 0.3 is 12.4 Å². The van der Waals surface area contributed by atoms with Gasteiger partial charge in [0.15, 0.2) is 21.3 Å². The van der Waals surface area contributed by atoms with Crippen LogP contribution in [0.1, 0.15) is 73.1 Å². The molecule has 0 aliphatic heterocycles. The molecule has 0 radical (unpaired) electrons. The van der Waals surface area contributed by atoms with E-state index in [1.165, 1.54) is 38.1 Å². The number of hydrogen-bond donors (Lipinski definition) is 2. The van der Waals surface area contributed by atoms with Gasteiger partial charge in [-0.1, -0.05) is 42.5 Å². The Morgan fingerprint density at radius 2 is 1.66 bits per heavy atom. The van der Waals surface area contributed by atoms with Crippen molar-refractivity contribution in [2.45, 2.75) is 81.7 Å². The van der Waals surface area contributed by atoms with Gasteiger partial charge in [0.25, 0.3) is 5.92 Å². The van der Waals surface area contributed by atoms with E-state index in [9.17, 15) is 48.3 Å². The quantitative estimate of drug-likeness (QED) is 0.0764. The minimum absolute atomic E-state index is 0.0171. The molecule has 1 amide bonds. The highest BCUT2D eigenvalue weighted by Gasteiger charge is 2.53. The summed E-state index contributed by atoms with van der Waals surface area (Å²) in [5, 5.41) is 9.95. The molecule has 1 unspecified atom stereocenters. The first-order valence-corrected chi connectivity index (χ1v) is 21.7. The molecule has 3 heterocycles. The van der Waals surface area contributed by atoms with Gasteiger partial charge < -0.3 is 10.0 Å². The third-order valence-electron chi connectivity index (χ3n) is 9.98. The first-order chi connectivity index (χ1) is 28.6. The van der Waals surface area contributed by atoms with Crippen molar-refractivity contribution in [3.63, 3.8) is 0 Å². The highest BCUT2D eigenvalue weighted by atomic mass is 35.5. The second-order valence-electron chi connectivity index (χ2n) is 15.1. The Balaban J connectivity index is 1.60. The molecule has 23 heteroatoms. The molecule has 2 aromatic carbocycles. The number of sulfone groups is 1. The average molecular weight is 938 g/mol. The molecule has 62 heavy (non-hydrogen) atoms. The van der Waals surface area contributed by atoms with Crippen LogP contribution in [-0.2, 0) is 46.2 Å². The number of pyridine rings is 1. The third kappa shape index (κ3) is 9.63. The Labute approximate surface area is 356 Å². The number of nitrogens with zero attached hydrogens (tertiary/aromatic N) is 5. The van der Waals surface area contributed by atoms with Crippen molar-refractivity contribution in [1.29, 1.82) is 0 Å². The van der Waals surface area contributed by atoms with Crippen LogP contribution in [0.25, 0.3) is 22.0 Å². The lowest BCUT2D eigenvalue weighted by Gasteiger charge is -2.23. The Kier molecular flexibility index (Phi) is 12.4. The Hall–Kier alpha value is -5.01. The van der Waals surface area contributed by atoms with Crippen LogP contribution in [0.15, 0.2) is 42.5 Å². The molecule has 1 aliphatic carbocycles. The lowest BCUT2D eigenvalue weighted by molar-refractivity contribution is -0.143. The smallest absolute Gasteiger partial charge is 0.346 e. The largest absolute Gasteiger partial charge is 0.435 e. The highest BCUT2D eigenvalue weighted by molar-refractivity contribution is 7.99. The normalized spacial score (nSPS) is 15.9. The van der Waals surface area contributed by atoms with Gasteiger partial charge in [0.2, 0.25) is 5.91 Å². The fourth-order valence-corrected chi connectivity index (χ4v) is 7.90. The molecule has 3 aromatic heterocycles. The van der Waals surface area contributed by atoms with Crippen LogP contribution in [-0.4, -0.2) is 62.3 Å². The van der Waals surface area contributed by atoms with Gasteiger partial charge in [0.05, 0.1) is 27.7 Å². The summed E-state index contributed by atoms with van der Waals surface area (Å²) in [5.74, 6) is -3.33. The van der Waals surface area contributed by atoms with Crippen molar-refractivity contribution in [2.24, 2.45) is 0 Å². The summed E-state index contributed by atoms with van der Waals surface area (Å²) < 4.78 is 171. The van der Waals surface area contributed by atoms with Crippen molar-refractivity contribution < 1.29 is 57.1 Å². The topological polar surface area (TPSA) is 124 Å². The number of anilines is 1. The summed E-state index contributed by atoms with van der Waals surface area (Å²) >= 11 is 7.54. The maximum Gasteiger partial charge on any atom is 0.435 e. The van der Waals surface area contributed by atoms with Crippen LogP contribution in [0.2, 0.25) is 5.02 Å². The molecule has 5 aromatic rings. The zero-order valence-electron chi connectivity index (χ0n) is 33.0. The maximum absolute atomic E-state index is 15.3. The zero-order chi connectivity index (χ0) is 45.9. The second kappa shape index (κ2) is 16.6. The molecular formula is C39H34ClF10N7O3S2. The van der Waals surface area contributed by atoms with Crippen LogP contribution in [0.3, 0.4) is 0 Å². The molecule has 0 bridgehead atoms. The zero-order valence-corrected chi connectivity index (χ0v) is 35.3. The minimum atomic E-state index is -5.18. The minimum Gasteiger partial charge on any atom is -0.346 e. The van der Waals surface area contributed by atoms with Gasteiger partial charge in [-0.05, 0) is 68.0 Å². The number of halogens is 11. The summed E-state index contributed by atoms with van der Waals surface area (Å²) in [6.07, 6.45) is -9.05. The Morgan fingerprint density at radius 1 is 1.02 bits per heavy atom. The van der Waals surface area contributed by atoms with Crippen LogP contribution in [0.4, 0.5) is 49.7 Å². The molecule has 0 spiro atoms. The molecule has 0 saturated heterocycles. The van der Waals surface area contributed by atoms with Crippen LogP contribution in [0, 0.1) is 23.5 Å². The van der Waals surface area contributed by atoms with Crippen molar-refractivity contribution >= 4 is 56.0 Å². The van der Waals surface area contributed by atoms with Gasteiger partial charge in [0.1, 0.15) is 40.9 Å². The number of nitrogens with one attached hydrogen (secondary N) is 2. The van der Waals surface area contributed by atoms with E-state index in [1.54, 1.807) is 6.26 Å². The fraction of sp³-hybridized carbons (Fsp3) is 0.385. The fourth-order valence-electron chi connectivity index (χ4n) is 7.09. The second-order valence-corrected chi connectivity index (χ2v) is 18.7. The van der Waals surface area contributed by atoms with Crippen LogP contribution in [0.5, 0.6) is 0 Å². The van der Waals surface area contributed by atoms with E-state index in [-0.39, 0.29) is 54.5 Å². The molecule has 6 rings (SSSR count). The number of fused-ring (bicyclic) bond motifs is 2. The van der Waals surface area contributed by atoms with E-state index in [0.29, 0.717) is 10.7 Å². The van der Waals surface area contributed by atoms with Crippen molar-refractivity contribution in [2.75, 3.05) is 17.2 Å². The van der Waals surface area contributed by atoms with Gasteiger partial charge in [-0.3, -0.25) is 14.2 Å². The van der Waals surface area contributed by atoms with E-state index in [2.05, 4.69) is 37.1 Å². The van der Waals surface area contributed by atoms with Gasteiger partial charge in [-0.25, -0.2) is 22.2 Å². The number of rotatable bonds is 11. The van der Waals surface area contributed by atoms with Gasteiger partial charge in [-0.2, -0.15) is 45.3 Å². The van der Waals surface area contributed by atoms with Gasteiger partial charge in [-0.15, -0.1) is 0 Å². The van der Waals surface area contributed by atoms with Crippen LogP contribution >= 0.6 is 23.5 Å². The van der Waals surface area contributed by atoms with Crippen molar-refractivity contribution in [3.05, 3.63) is 93.0 Å². The van der Waals surface area contributed by atoms with E-state index < -0.39 is 105 Å². The molecule has 0 fully saturated rings. The van der Waals surface area contributed by atoms with Crippen molar-refractivity contribution in [3.8, 4) is 23.0 Å². The molecular weight excluding hydrogens is 904 g/mol. The predicted octanol–water partition coefficient (Wildman–Crippen LogP) is 9.37. The number of alkyl halides is 8. The summed E-state index contributed by atoms with van der Waals surface area (Å²) in [6.45, 7) is 0.918. The standard InChI is InChI=1S/C39H34ClF10N7O3S2/c1-19-16-37(43,44)34-29(19)33(39(48,49)50)53-56(34)17-28(58)52-27(14-20-12-21(41)15-22(42)13-20)31-24(7-6-23(51-31)10-11-36(2,3)62(5,59)60)25-8-9-26(40)30-32(25)57(18-38(45,46)47)54-35(30)55-61-4/h6-9,12-13,15,19,27H,14,16-18H2,1-5H3,(H,52,58)(H,54,55)/t19-,27?/m0/s1. The lowest BCUT2D eigenvalue weighted by atomic mass is 9.93. The number of carbonyl (C=O) groups is 1. The Bertz CT molecular complexity index is 2740. The van der Waals surface area contributed by atoms with E-state index >= 15 is 8.78 Å². The molecule has 1 aliphatic rings. The average Bonchev–Trinajstić information content (AvgIpc) is 3.76. The monoisotopic (exact) mass is 937 g/mol. The van der Waals surface area contributed by atoms with E-state index in [0.717, 1.165) is 37.3 Å². The predicted molar refractivity (Wildman–Crippen MR) is 212 cm³/mol. The molecule has 2 N–H and O–H groups in total. The first-order valence-electron chi connectivity index (χ1n) is 18.2. The summed E-state index contributed by atoms with van der Waals surface area (Å²) in [4.78, 5) is 18.6. The molecule has 0 saturated carbocycles. The van der Waals surface area contributed by atoms with E-state index in [1.807, 2.05) is 0 Å². The van der Waals surface area contributed by atoms with Crippen molar-refractivity contribution in [1.82, 2.24) is 29.9 Å². The third-order valence-corrected chi connectivity index (χ3v) is 12.7. The van der Waals surface area contributed by atoms with E-state index in [4.69, 9.17) is 11.6 Å². The SMILES string of the molecule is CSNc1nn(CC(F)(F)F)c2c(-c3ccc(C#CC(C)(C)S(C)(=O)=O)nc3C(Cc3cc(F)cc(F)c3)NC(=O)Cn3nc(C(F)(F)F)c4c3C(F)(F)C[C@@H]4C)ccc(Cl)c12. The summed E-state index contributed by atoms with van der Waals surface area (Å²) in [7, 11) is -3.80. The molecule has 332 valence electrons. The number of carbonyl (C=O) groups excluding carboxylic acids is 1. The lowest BCUT2D eigenvalue weighted by Crippen LogP contribution is -2.35. The number of aromatic nitrogens is 5. The first kappa shape index (κ1) is 46.5. The number of hydrogen-bond acceptors (Lipinski definition) is 8. The molecule has 10 nitrogen and oxygen atoms in total. The summed E-state index contributed by atoms with van der Waals surface area (Å²) in [6, 6.07) is 5.96.